The van der Waals surface area contributed by atoms with Gasteiger partial charge < -0.3 is 18.8 Å². The fraction of sp³-hybridized carbons (Fsp3) is 0.318. The Labute approximate surface area is 181 Å². The van der Waals surface area contributed by atoms with Crippen molar-refractivity contribution in [2.24, 2.45) is 0 Å². The molecule has 2 heterocycles. The van der Waals surface area contributed by atoms with Crippen molar-refractivity contribution in [3.63, 3.8) is 0 Å². The summed E-state index contributed by atoms with van der Waals surface area (Å²) in [4.78, 5) is 38.3. The highest BCUT2D eigenvalue weighted by molar-refractivity contribution is 5.95. The first-order valence-corrected chi connectivity index (χ1v) is 9.50. The number of ether oxygens (including phenoxy) is 2. The summed E-state index contributed by atoms with van der Waals surface area (Å²) < 4.78 is 54.4. The molecule has 3 rings (SSSR count). The number of allylic oxidation sites excluding steroid dienone is 1. The molecule has 170 valence electrons. The summed E-state index contributed by atoms with van der Waals surface area (Å²) in [6.07, 6.45) is -4.81. The van der Waals surface area contributed by atoms with Crippen LogP contribution in [0.15, 0.2) is 52.1 Å². The number of carbonyl (C=O) groups excluding carboxylic acids is 3. The summed E-state index contributed by atoms with van der Waals surface area (Å²) in [6, 6.07) is 7.40. The fourth-order valence-electron chi connectivity index (χ4n) is 3.62. The van der Waals surface area contributed by atoms with Crippen LogP contribution >= 0.6 is 0 Å². The molecule has 1 aliphatic heterocycles. The van der Waals surface area contributed by atoms with E-state index in [0.717, 1.165) is 19.2 Å². The number of benzene rings is 1. The van der Waals surface area contributed by atoms with E-state index < -0.39 is 35.5 Å². The molecule has 0 radical (unpaired) electrons. The normalized spacial score (nSPS) is 16.9. The monoisotopic (exact) mass is 451 g/mol. The lowest BCUT2D eigenvalue weighted by atomic mass is 9.83. The molecule has 0 saturated heterocycles. The third-order valence-corrected chi connectivity index (χ3v) is 5.21. The average Bonchev–Trinajstić information content (AvgIpc) is 3.23. The maximum atomic E-state index is 13.2. The molecule has 0 fully saturated rings. The Balaban J connectivity index is 2.00. The number of rotatable bonds is 5. The first kappa shape index (κ1) is 23.1. The molecule has 1 atom stereocenters. The van der Waals surface area contributed by atoms with Crippen molar-refractivity contribution in [3.8, 4) is 0 Å². The second-order valence-electron chi connectivity index (χ2n) is 7.11. The van der Waals surface area contributed by atoms with Crippen LogP contribution in [0.1, 0.15) is 46.7 Å². The van der Waals surface area contributed by atoms with Gasteiger partial charge >= 0.3 is 18.1 Å². The summed E-state index contributed by atoms with van der Waals surface area (Å²) in [6.45, 7) is 1.42. The van der Waals surface area contributed by atoms with Crippen molar-refractivity contribution in [1.82, 2.24) is 4.90 Å². The van der Waals surface area contributed by atoms with Crippen LogP contribution in [0.25, 0.3) is 0 Å². The van der Waals surface area contributed by atoms with Gasteiger partial charge in [-0.15, -0.1) is 0 Å². The van der Waals surface area contributed by atoms with E-state index in [0.29, 0.717) is 0 Å². The first-order chi connectivity index (χ1) is 15.1. The van der Waals surface area contributed by atoms with Gasteiger partial charge in [-0.05, 0) is 30.7 Å². The number of alkyl halides is 3. The lowest BCUT2D eigenvalue weighted by Crippen LogP contribution is -2.37. The minimum atomic E-state index is -4.57. The van der Waals surface area contributed by atoms with Gasteiger partial charge in [0.2, 0.25) is 11.7 Å². The molecule has 1 unspecified atom stereocenters. The largest absolute Gasteiger partial charge is 0.466 e. The van der Waals surface area contributed by atoms with Gasteiger partial charge in [-0.25, -0.2) is 9.59 Å². The quantitative estimate of drug-likeness (QED) is 0.638. The predicted molar refractivity (Wildman–Crippen MR) is 104 cm³/mol. The SMILES string of the molecule is COC(=O)C1=C(C)N(Cc2ccc(C(=O)OC)o2)C(=O)CC1c1cccc(C(F)(F)F)c1. The molecule has 1 aromatic heterocycles. The molecule has 0 bridgehead atoms. The summed E-state index contributed by atoms with van der Waals surface area (Å²) in [5.74, 6) is -2.56. The number of amides is 1. The Hall–Kier alpha value is -3.56. The predicted octanol–water partition coefficient (Wildman–Crippen LogP) is 4.05. The van der Waals surface area contributed by atoms with Crippen LogP contribution in [0.4, 0.5) is 13.2 Å². The summed E-state index contributed by atoms with van der Waals surface area (Å²) in [7, 11) is 2.35. The zero-order chi connectivity index (χ0) is 23.6. The molecule has 0 spiro atoms. The van der Waals surface area contributed by atoms with Gasteiger partial charge in [0.25, 0.3) is 0 Å². The second kappa shape index (κ2) is 8.89. The van der Waals surface area contributed by atoms with Crippen LogP contribution in [0.2, 0.25) is 0 Å². The number of hydrogen-bond donors (Lipinski definition) is 0. The Morgan fingerprint density at radius 2 is 1.81 bits per heavy atom. The van der Waals surface area contributed by atoms with E-state index in [1.165, 1.54) is 43.2 Å². The highest BCUT2D eigenvalue weighted by Crippen LogP contribution is 2.39. The van der Waals surface area contributed by atoms with Crippen LogP contribution in [-0.4, -0.2) is 37.0 Å². The number of furan rings is 1. The van der Waals surface area contributed by atoms with Crippen molar-refractivity contribution in [3.05, 3.63) is 70.3 Å². The molecule has 32 heavy (non-hydrogen) atoms. The van der Waals surface area contributed by atoms with Gasteiger partial charge in [0.15, 0.2) is 0 Å². The molecule has 0 N–H and O–H groups in total. The third kappa shape index (κ3) is 4.53. The Bertz CT molecular complexity index is 1090. The fourth-order valence-corrected chi connectivity index (χ4v) is 3.62. The molecular formula is C22H20F3NO6. The van der Waals surface area contributed by atoms with Crippen molar-refractivity contribution < 1.29 is 41.4 Å². The van der Waals surface area contributed by atoms with Crippen LogP contribution in [0, 0.1) is 0 Å². The van der Waals surface area contributed by atoms with Gasteiger partial charge in [0, 0.05) is 18.0 Å². The highest BCUT2D eigenvalue weighted by Gasteiger charge is 2.38. The van der Waals surface area contributed by atoms with Crippen LogP contribution in [0.3, 0.4) is 0 Å². The van der Waals surface area contributed by atoms with Gasteiger partial charge in [-0.1, -0.05) is 18.2 Å². The van der Waals surface area contributed by atoms with E-state index in [1.54, 1.807) is 0 Å². The molecule has 0 aliphatic carbocycles. The van der Waals surface area contributed by atoms with Crippen molar-refractivity contribution in [1.29, 1.82) is 0 Å². The van der Waals surface area contributed by atoms with E-state index in [-0.39, 0.29) is 41.3 Å². The van der Waals surface area contributed by atoms with E-state index in [9.17, 15) is 27.6 Å². The van der Waals surface area contributed by atoms with E-state index in [1.807, 2.05) is 0 Å². The zero-order valence-electron chi connectivity index (χ0n) is 17.5. The summed E-state index contributed by atoms with van der Waals surface area (Å²) in [5.41, 5.74) is -0.395. The van der Waals surface area contributed by atoms with Gasteiger partial charge in [0.1, 0.15) is 5.76 Å². The maximum absolute atomic E-state index is 13.2. The van der Waals surface area contributed by atoms with Crippen molar-refractivity contribution in [2.75, 3.05) is 14.2 Å². The van der Waals surface area contributed by atoms with Crippen molar-refractivity contribution >= 4 is 17.8 Å². The van der Waals surface area contributed by atoms with Crippen LogP contribution < -0.4 is 0 Å². The molecule has 7 nitrogen and oxygen atoms in total. The molecule has 1 aromatic carbocycles. The number of halogens is 3. The Morgan fingerprint density at radius 1 is 1.12 bits per heavy atom. The first-order valence-electron chi connectivity index (χ1n) is 9.50. The van der Waals surface area contributed by atoms with Crippen LogP contribution in [-0.2, 0) is 31.8 Å². The van der Waals surface area contributed by atoms with Gasteiger partial charge in [-0.2, -0.15) is 13.2 Å². The lowest BCUT2D eigenvalue weighted by Gasteiger charge is -2.34. The van der Waals surface area contributed by atoms with Gasteiger partial charge in [-0.3, -0.25) is 4.79 Å². The molecule has 1 aliphatic rings. The Morgan fingerprint density at radius 3 is 2.44 bits per heavy atom. The maximum Gasteiger partial charge on any atom is 0.416 e. The van der Waals surface area contributed by atoms with E-state index in [2.05, 4.69) is 4.74 Å². The average molecular weight is 451 g/mol. The minimum Gasteiger partial charge on any atom is -0.466 e. The number of nitrogens with zero attached hydrogens (tertiary/aromatic N) is 1. The van der Waals surface area contributed by atoms with Gasteiger partial charge in [0.05, 0.1) is 31.9 Å². The number of methoxy groups -OCH3 is 2. The molecule has 1 amide bonds. The highest BCUT2D eigenvalue weighted by atomic mass is 19.4. The Kier molecular flexibility index (Phi) is 6.42. The second-order valence-corrected chi connectivity index (χ2v) is 7.11. The molecular weight excluding hydrogens is 431 g/mol. The molecule has 0 saturated carbocycles. The van der Waals surface area contributed by atoms with E-state index in [4.69, 9.17) is 9.15 Å². The van der Waals surface area contributed by atoms with Crippen molar-refractivity contribution in [2.45, 2.75) is 32.0 Å². The topological polar surface area (TPSA) is 86.1 Å². The van der Waals surface area contributed by atoms with E-state index >= 15 is 0 Å². The number of hydrogen-bond acceptors (Lipinski definition) is 6. The lowest BCUT2D eigenvalue weighted by molar-refractivity contribution is -0.138. The van der Waals surface area contributed by atoms with Crippen LogP contribution in [0.5, 0.6) is 0 Å². The number of esters is 2. The molecule has 10 heteroatoms. The minimum absolute atomic E-state index is 0.0522. The number of carbonyl (C=O) groups is 3. The zero-order valence-corrected chi connectivity index (χ0v) is 17.5. The standard InChI is InChI=1S/C22H20F3NO6/c1-12-19(21(29)31-3)16(13-5-4-6-14(9-13)22(23,24)25)10-18(27)26(12)11-15-7-8-17(32-15)20(28)30-2/h4-9,16H,10-11H2,1-3H3. The molecule has 2 aromatic rings. The summed E-state index contributed by atoms with van der Waals surface area (Å²) >= 11 is 0. The smallest absolute Gasteiger partial charge is 0.416 e. The summed E-state index contributed by atoms with van der Waals surface area (Å²) in [5, 5.41) is 0. The third-order valence-electron chi connectivity index (χ3n) is 5.21.